The van der Waals surface area contributed by atoms with Crippen LogP contribution in [0.1, 0.15) is 10.4 Å². The molecule has 0 radical (unpaired) electrons. The molecule has 0 aliphatic rings. The summed E-state index contributed by atoms with van der Waals surface area (Å²) < 4.78 is 16.9. The van der Waals surface area contributed by atoms with Crippen LogP contribution < -0.4 is 5.32 Å². The number of hydrogen-bond donors (Lipinski definition) is 1. The molecule has 0 bridgehead atoms. The number of aromatic nitrogens is 1. The number of nitrogens with one attached hydrogen (secondary N) is 1. The number of nitrogens with zero attached hydrogens (tertiary/aromatic N) is 2. The Morgan fingerprint density at radius 2 is 2.16 bits per heavy atom. The minimum Gasteiger partial charge on any atom is -0.362 e. The zero-order valence-electron chi connectivity index (χ0n) is 10.1. The Labute approximate surface area is 118 Å². The molecule has 0 saturated heterocycles. The molecule has 19 heavy (non-hydrogen) atoms. The highest BCUT2D eigenvalue weighted by Gasteiger charge is 2.09. The van der Waals surface area contributed by atoms with E-state index in [0.29, 0.717) is 5.56 Å². The Hall–Kier alpha value is -1.84. The van der Waals surface area contributed by atoms with Crippen LogP contribution in [0.15, 0.2) is 35.5 Å². The van der Waals surface area contributed by atoms with Crippen molar-refractivity contribution in [2.75, 3.05) is 11.6 Å². The molecule has 1 aromatic carbocycles. The van der Waals surface area contributed by atoms with E-state index in [1.165, 1.54) is 35.4 Å². The van der Waals surface area contributed by atoms with Gasteiger partial charge in [0, 0.05) is 11.9 Å². The first-order valence-electron chi connectivity index (χ1n) is 5.37. The van der Waals surface area contributed by atoms with Gasteiger partial charge in [0.2, 0.25) is 0 Å². The van der Waals surface area contributed by atoms with E-state index in [-0.39, 0.29) is 5.82 Å². The summed E-state index contributed by atoms with van der Waals surface area (Å²) in [5, 5.41) is 12.8. The van der Waals surface area contributed by atoms with Gasteiger partial charge in [-0.1, -0.05) is 0 Å². The number of hydrogen-bond acceptors (Lipinski definition) is 5. The molecule has 0 aliphatic heterocycles. The molecule has 0 atom stereocenters. The average Bonchev–Trinajstić information content (AvgIpc) is 2.83. The monoisotopic (exact) mass is 291 g/mol. The van der Waals surface area contributed by atoms with Crippen LogP contribution in [0.3, 0.4) is 0 Å². The molecular formula is C13H10FN3S2. The van der Waals surface area contributed by atoms with Crippen molar-refractivity contribution in [2.45, 2.75) is 5.03 Å². The molecular weight excluding hydrogens is 281 g/mol. The molecule has 0 fully saturated rings. The second kappa shape index (κ2) is 6.36. The van der Waals surface area contributed by atoms with E-state index in [1.807, 2.05) is 6.26 Å². The smallest absolute Gasteiger partial charge is 0.128 e. The third kappa shape index (κ3) is 3.34. The summed E-state index contributed by atoms with van der Waals surface area (Å²) in [6, 6.07) is 8.21. The lowest BCUT2D eigenvalue weighted by molar-refractivity contribution is 0.628. The van der Waals surface area contributed by atoms with Crippen LogP contribution in [0.2, 0.25) is 0 Å². The van der Waals surface area contributed by atoms with Gasteiger partial charge in [-0.05, 0) is 48.1 Å². The van der Waals surface area contributed by atoms with Crippen LogP contribution in [0.5, 0.6) is 0 Å². The van der Waals surface area contributed by atoms with Crippen molar-refractivity contribution in [1.82, 2.24) is 4.37 Å². The van der Waals surface area contributed by atoms with E-state index >= 15 is 0 Å². The fourth-order valence-corrected chi connectivity index (χ4v) is 2.87. The van der Waals surface area contributed by atoms with Crippen LogP contribution in [0, 0.1) is 17.1 Å². The SMILES string of the molecule is CSc1nsc(/C=C/Nc2ccc(F)cc2)c1C#N. The molecule has 0 unspecified atom stereocenters. The van der Waals surface area contributed by atoms with Gasteiger partial charge in [-0.15, -0.1) is 11.8 Å². The van der Waals surface area contributed by atoms with Crippen molar-refractivity contribution in [2.24, 2.45) is 0 Å². The average molecular weight is 291 g/mol. The van der Waals surface area contributed by atoms with Gasteiger partial charge in [-0.3, -0.25) is 0 Å². The van der Waals surface area contributed by atoms with E-state index in [0.717, 1.165) is 15.6 Å². The molecule has 1 N–H and O–H groups in total. The minimum absolute atomic E-state index is 0.270. The summed E-state index contributed by atoms with van der Waals surface area (Å²) >= 11 is 2.74. The molecule has 3 nitrogen and oxygen atoms in total. The third-order valence-corrected chi connectivity index (χ3v) is 3.93. The summed E-state index contributed by atoms with van der Waals surface area (Å²) in [5.74, 6) is -0.270. The van der Waals surface area contributed by atoms with Crippen LogP contribution in [-0.2, 0) is 0 Å². The maximum absolute atomic E-state index is 12.7. The van der Waals surface area contributed by atoms with E-state index in [1.54, 1.807) is 24.4 Å². The van der Waals surface area contributed by atoms with Gasteiger partial charge in [0.25, 0.3) is 0 Å². The van der Waals surface area contributed by atoms with Gasteiger partial charge in [0.05, 0.1) is 4.88 Å². The molecule has 1 heterocycles. The highest BCUT2D eigenvalue weighted by Crippen LogP contribution is 2.26. The van der Waals surface area contributed by atoms with Gasteiger partial charge in [0.15, 0.2) is 0 Å². The van der Waals surface area contributed by atoms with Gasteiger partial charge in [-0.2, -0.15) is 9.64 Å². The summed E-state index contributed by atoms with van der Waals surface area (Å²) in [6.45, 7) is 0. The van der Waals surface area contributed by atoms with Crippen molar-refractivity contribution in [1.29, 1.82) is 5.26 Å². The number of thioether (sulfide) groups is 1. The van der Waals surface area contributed by atoms with E-state index in [9.17, 15) is 4.39 Å². The van der Waals surface area contributed by atoms with Crippen molar-refractivity contribution < 1.29 is 4.39 Å². The molecule has 0 amide bonds. The fourth-order valence-electron chi connectivity index (χ4n) is 1.40. The van der Waals surface area contributed by atoms with Crippen LogP contribution in [0.4, 0.5) is 10.1 Å². The first-order chi connectivity index (χ1) is 9.24. The molecule has 2 rings (SSSR count). The van der Waals surface area contributed by atoms with E-state index in [4.69, 9.17) is 5.26 Å². The molecule has 6 heteroatoms. The predicted octanol–water partition coefficient (Wildman–Crippen LogP) is 3.96. The molecule has 96 valence electrons. The quantitative estimate of drug-likeness (QED) is 0.866. The molecule has 2 aromatic rings. The maximum atomic E-state index is 12.7. The summed E-state index contributed by atoms with van der Waals surface area (Å²) in [6.07, 6.45) is 5.39. The predicted molar refractivity (Wildman–Crippen MR) is 77.7 cm³/mol. The normalized spacial score (nSPS) is 10.6. The summed E-state index contributed by atoms with van der Waals surface area (Å²) in [5.41, 5.74) is 1.38. The Bertz CT molecular complexity index is 626. The Morgan fingerprint density at radius 1 is 1.42 bits per heavy atom. The summed E-state index contributed by atoms with van der Waals surface area (Å²) in [7, 11) is 0. The van der Waals surface area contributed by atoms with Gasteiger partial charge in [0.1, 0.15) is 22.5 Å². The highest BCUT2D eigenvalue weighted by molar-refractivity contribution is 7.98. The first-order valence-corrected chi connectivity index (χ1v) is 7.37. The second-order valence-electron chi connectivity index (χ2n) is 3.53. The number of benzene rings is 1. The van der Waals surface area contributed by atoms with Gasteiger partial charge in [-0.25, -0.2) is 4.39 Å². The Kier molecular flexibility index (Phi) is 4.55. The topological polar surface area (TPSA) is 48.7 Å². The number of rotatable bonds is 4. The third-order valence-electron chi connectivity index (χ3n) is 2.32. The maximum Gasteiger partial charge on any atom is 0.128 e. The Morgan fingerprint density at radius 3 is 2.79 bits per heavy atom. The number of anilines is 1. The number of nitriles is 1. The molecule has 1 aromatic heterocycles. The lowest BCUT2D eigenvalue weighted by Gasteiger charge is -1.99. The fraction of sp³-hybridized carbons (Fsp3) is 0.0769. The molecule has 0 aliphatic carbocycles. The minimum atomic E-state index is -0.270. The largest absolute Gasteiger partial charge is 0.362 e. The van der Waals surface area contributed by atoms with Crippen LogP contribution in [-0.4, -0.2) is 10.6 Å². The van der Waals surface area contributed by atoms with Crippen molar-refractivity contribution in [3.63, 3.8) is 0 Å². The van der Waals surface area contributed by atoms with Gasteiger partial charge >= 0.3 is 0 Å². The molecule has 0 saturated carbocycles. The lowest BCUT2D eigenvalue weighted by Crippen LogP contribution is -1.87. The van der Waals surface area contributed by atoms with E-state index < -0.39 is 0 Å². The standard InChI is InChI=1S/C13H10FN3S2/c1-18-13-11(8-15)12(19-17-13)6-7-16-10-4-2-9(14)3-5-10/h2-7,16H,1H3/b7-6+. The van der Waals surface area contributed by atoms with Crippen molar-refractivity contribution >= 4 is 35.1 Å². The number of halogens is 1. The van der Waals surface area contributed by atoms with E-state index in [2.05, 4.69) is 15.8 Å². The second-order valence-corrected chi connectivity index (χ2v) is 5.13. The summed E-state index contributed by atoms with van der Waals surface area (Å²) in [4.78, 5) is 0.807. The zero-order valence-corrected chi connectivity index (χ0v) is 11.7. The van der Waals surface area contributed by atoms with Crippen molar-refractivity contribution in [3.05, 3.63) is 46.7 Å². The van der Waals surface area contributed by atoms with Crippen molar-refractivity contribution in [3.8, 4) is 6.07 Å². The Balaban J connectivity index is 2.09. The molecule has 0 spiro atoms. The highest BCUT2D eigenvalue weighted by atomic mass is 32.2. The zero-order chi connectivity index (χ0) is 13.7. The first kappa shape index (κ1) is 13.6. The van der Waals surface area contributed by atoms with Crippen LogP contribution in [0.25, 0.3) is 6.08 Å². The van der Waals surface area contributed by atoms with Gasteiger partial charge < -0.3 is 5.32 Å². The van der Waals surface area contributed by atoms with Crippen LogP contribution >= 0.6 is 23.3 Å². The lowest BCUT2D eigenvalue weighted by atomic mass is 10.3.